The highest BCUT2D eigenvalue weighted by molar-refractivity contribution is 5.79. The highest BCUT2D eigenvalue weighted by Crippen LogP contribution is 2.11. The second-order valence-corrected chi connectivity index (χ2v) is 6.41. The van der Waals surface area contributed by atoms with E-state index in [9.17, 15) is 9.59 Å². The van der Waals surface area contributed by atoms with Gasteiger partial charge < -0.3 is 9.80 Å². The Bertz CT molecular complexity index is 361. The van der Waals surface area contributed by atoms with E-state index in [0.29, 0.717) is 5.91 Å². The summed E-state index contributed by atoms with van der Waals surface area (Å²) in [6, 6.07) is 0. The van der Waals surface area contributed by atoms with E-state index in [0.717, 1.165) is 26.2 Å². The molecule has 2 aliphatic heterocycles. The summed E-state index contributed by atoms with van der Waals surface area (Å²) in [5, 5.41) is 0. The van der Waals surface area contributed by atoms with Crippen molar-refractivity contribution in [3.8, 4) is 0 Å². The maximum absolute atomic E-state index is 11.4. The largest absolute Gasteiger partial charge is 0.342 e. The molecule has 2 amide bonds. The van der Waals surface area contributed by atoms with Gasteiger partial charge in [-0.15, -0.1) is 0 Å². The number of piperidine rings is 1. The molecule has 0 spiro atoms. The van der Waals surface area contributed by atoms with Crippen LogP contribution in [0.5, 0.6) is 0 Å². The monoisotopic (exact) mass is 294 g/mol. The van der Waals surface area contributed by atoms with Crippen LogP contribution < -0.4 is 0 Å². The Morgan fingerprint density at radius 1 is 0.762 bits per heavy atom. The fraction of sp³-hybridized carbons (Fsp3) is 0.765. The number of rotatable bonds is 2. The fourth-order valence-corrected chi connectivity index (χ4v) is 2.50. The number of likely N-dealkylation sites (tertiary alicyclic amines) is 1. The smallest absolute Gasteiger partial charge is 0.225 e. The average molecular weight is 294 g/mol. The van der Waals surface area contributed by atoms with Crippen LogP contribution in [0, 0.1) is 11.8 Å². The zero-order valence-corrected chi connectivity index (χ0v) is 14.0. The van der Waals surface area contributed by atoms with Gasteiger partial charge in [-0.05, 0) is 19.3 Å². The van der Waals surface area contributed by atoms with E-state index in [-0.39, 0.29) is 17.7 Å². The van der Waals surface area contributed by atoms with Crippen molar-refractivity contribution >= 4 is 11.8 Å². The predicted molar refractivity (Wildman–Crippen MR) is 85.8 cm³/mol. The lowest BCUT2D eigenvalue weighted by Crippen LogP contribution is -2.38. The maximum atomic E-state index is 11.4. The molecule has 4 nitrogen and oxygen atoms in total. The average Bonchev–Trinajstić information content (AvgIpc) is 3.01. The molecule has 0 N–H and O–H groups in total. The van der Waals surface area contributed by atoms with Crippen LogP contribution >= 0.6 is 0 Å². The molecule has 0 saturated carbocycles. The molecule has 1 saturated heterocycles. The first kappa shape index (κ1) is 17.7. The van der Waals surface area contributed by atoms with Crippen LogP contribution in [0.4, 0.5) is 0 Å². The Kier molecular flexibility index (Phi) is 7.48. The van der Waals surface area contributed by atoms with Crippen molar-refractivity contribution in [1.29, 1.82) is 0 Å². The predicted octanol–water partition coefficient (Wildman–Crippen LogP) is 2.70. The minimum atomic E-state index is 0.139. The Morgan fingerprint density at radius 3 is 1.62 bits per heavy atom. The van der Waals surface area contributed by atoms with Crippen molar-refractivity contribution in [2.45, 2.75) is 47.0 Å². The van der Waals surface area contributed by atoms with Gasteiger partial charge in [0.25, 0.3) is 0 Å². The molecule has 0 bridgehead atoms. The second kappa shape index (κ2) is 8.85. The quantitative estimate of drug-likeness (QED) is 0.735. The summed E-state index contributed by atoms with van der Waals surface area (Å²) in [6.07, 6.45) is 7.74. The molecule has 1 fully saturated rings. The summed E-state index contributed by atoms with van der Waals surface area (Å²) in [7, 11) is 0. The van der Waals surface area contributed by atoms with Crippen LogP contribution in [0.2, 0.25) is 0 Å². The van der Waals surface area contributed by atoms with E-state index < -0.39 is 0 Å². The van der Waals surface area contributed by atoms with Gasteiger partial charge in [0.2, 0.25) is 11.8 Å². The topological polar surface area (TPSA) is 40.6 Å². The molecule has 2 heterocycles. The number of nitrogens with zero attached hydrogens (tertiary/aromatic N) is 2. The Labute approximate surface area is 129 Å². The van der Waals surface area contributed by atoms with E-state index in [1.54, 1.807) is 0 Å². The summed E-state index contributed by atoms with van der Waals surface area (Å²) < 4.78 is 0. The molecule has 120 valence electrons. The molecular weight excluding hydrogens is 264 g/mol. The first-order valence-corrected chi connectivity index (χ1v) is 8.16. The number of carbonyl (C=O) groups excluding carboxylic acids is 2. The summed E-state index contributed by atoms with van der Waals surface area (Å²) in [4.78, 5) is 26.5. The van der Waals surface area contributed by atoms with Crippen molar-refractivity contribution in [3.63, 3.8) is 0 Å². The third-order valence-corrected chi connectivity index (χ3v) is 3.79. The molecule has 0 atom stereocenters. The number of hydrogen-bond donors (Lipinski definition) is 0. The third-order valence-electron chi connectivity index (χ3n) is 3.79. The normalized spacial score (nSPS) is 18.0. The lowest BCUT2D eigenvalue weighted by molar-refractivity contribution is -0.135. The SMILES string of the molecule is CC(C)C(=O)N1CC=CC1.CC(C)C(=O)N1CCCCC1. The molecule has 2 aliphatic rings. The summed E-state index contributed by atoms with van der Waals surface area (Å²) in [5.41, 5.74) is 0. The van der Waals surface area contributed by atoms with Crippen LogP contribution in [0.15, 0.2) is 12.2 Å². The van der Waals surface area contributed by atoms with Crippen LogP contribution in [0.3, 0.4) is 0 Å². The van der Waals surface area contributed by atoms with Crippen LogP contribution in [0.25, 0.3) is 0 Å². The minimum Gasteiger partial charge on any atom is -0.342 e. The Morgan fingerprint density at radius 2 is 1.19 bits per heavy atom. The van der Waals surface area contributed by atoms with Gasteiger partial charge in [0.15, 0.2) is 0 Å². The van der Waals surface area contributed by atoms with Crippen LogP contribution in [-0.4, -0.2) is 47.8 Å². The van der Waals surface area contributed by atoms with Gasteiger partial charge in [0, 0.05) is 38.0 Å². The fourth-order valence-electron chi connectivity index (χ4n) is 2.50. The van der Waals surface area contributed by atoms with Crippen molar-refractivity contribution in [2.75, 3.05) is 26.2 Å². The highest BCUT2D eigenvalue weighted by Gasteiger charge is 2.18. The summed E-state index contributed by atoms with van der Waals surface area (Å²) in [5.74, 6) is 0.891. The molecule has 0 aliphatic carbocycles. The molecule has 0 unspecified atom stereocenters. The molecular formula is C17H30N2O2. The summed E-state index contributed by atoms with van der Waals surface area (Å²) >= 11 is 0. The molecule has 0 radical (unpaired) electrons. The second-order valence-electron chi connectivity index (χ2n) is 6.41. The first-order valence-electron chi connectivity index (χ1n) is 8.16. The molecule has 0 aromatic carbocycles. The maximum Gasteiger partial charge on any atom is 0.225 e. The highest BCUT2D eigenvalue weighted by atomic mass is 16.2. The van der Waals surface area contributed by atoms with Crippen molar-refractivity contribution in [3.05, 3.63) is 12.2 Å². The Hall–Kier alpha value is -1.32. The van der Waals surface area contributed by atoms with Crippen molar-refractivity contribution in [1.82, 2.24) is 9.80 Å². The van der Waals surface area contributed by atoms with E-state index in [1.165, 1.54) is 19.3 Å². The summed E-state index contributed by atoms with van der Waals surface area (Å²) in [6.45, 7) is 11.4. The van der Waals surface area contributed by atoms with Crippen LogP contribution in [-0.2, 0) is 9.59 Å². The molecule has 21 heavy (non-hydrogen) atoms. The zero-order chi connectivity index (χ0) is 15.8. The van der Waals surface area contributed by atoms with Gasteiger partial charge in [-0.2, -0.15) is 0 Å². The van der Waals surface area contributed by atoms with Gasteiger partial charge in [-0.1, -0.05) is 39.8 Å². The van der Waals surface area contributed by atoms with E-state index in [2.05, 4.69) is 0 Å². The Balaban J connectivity index is 0.000000211. The van der Waals surface area contributed by atoms with E-state index in [1.807, 2.05) is 49.6 Å². The van der Waals surface area contributed by atoms with Gasteiger partial charge in [0.1, 0.15) is 0 Å². The molecule has 0 aromatic heterocycles. The number of carbonyl (C=O) groups is 2. The van der Waals surface area contributed by atoms with Gasteiger partial charge >= 0.3 is 0 Å². The first-order chi connectivity index (χ1) is 9.93. The van der Waals surface area contributed by atoms with Crippen molar-refractivity contribution in [2.24, 2.45) is 11.8 Å². The standard InChI is InChI=1S/C9H17NO.C8H13NO/c1-8(2)9(11)10-6-4-3-5-7-10;1-7(2)8(10)9-5-3-4-6-9/h8H,3-7H2,1-2H3;3-4,7H,5-6H2,1-2H3. The van der Waals surface area contributed by atoms with Gasteiger partial charge in [-0.3, -0.25) is 9.59 Å². The molecule has 0 aromatic rings. The molecule has 2 rings (SSSR count). The number of hydrogen-bond acceptors (Lipinski definition) is 2. The van der Waals surface area contributed by atoms with Gasteiger partial charge in [-0.25, -0.2) is 0 Å². The van der Waals surface area contributed by atoms with E-state index in [4.69, 9.17) is 0 Å². The minimum absolute atomic E-state index is 0.139. The lowest BCUT2D eigenvalue weighted by Gasteiger charge is -2.28. The van der Waals surface area contributed by atoms with Crippen molar-refractivity contribution < 1.29 is 9.59 Å². The van der Waals surface area contributed by atoms with Gasteiger partial charge in [0.05, 0.1) is 0 Å². The van der Waals surface area contributed by atoms with Crippen LogP contribution in [0.1, 0.15) is 47.0 Å². The van der Waals surface area contributed by atoms with E-state index >= 15 is 0 Å². The lowest BCUT2D eigenvalue weighted by atomic mass is 10.1. The number of amides is 2. The third kappa shape index (κ3) is 5.90. The zero-order valence-electron chi connectivity index (χ0n) is 14.0. The molecule has 4 heteroatoms.